The molecule has 0 radical (unpaired) electrons. The second kappa shape index (κ2) is 5.74. The Labute approximate surface area is 113 Å². The first-order valence-corrected chi connectivity index (χ1v) is 7.35. The average Bonchev–Trinajstić information content (AvgIpc) is 3.07. The predicted molar refractivity (Wildman–Crippen MR) is 72.6 cm³/mol. The van der Waals surface area contributed by atoms with E-state index in [0.717, 1.165) is 24.6 Å². The van der Waals surface area contributed by atoms with Crippen molar-refractivity contribution in [2.24, 2.45) is 5.92 Å². The summed E-state index contributed by atoms with van der Waals surface area (Å²) < 4.78 is 0. The quantitative estimate of drug-likeness (QED) is 0.758. The molecule has 3 atom stereocenters. The molecule has 1 aliphatic heterocycles. The number of nitrogens with one attached hydrogen (secondary N) is 3. The first kappa shape index (κ1) is 12.7. The zero-order chi connectivity index (χ0) is 13.1. The maximum absolute atomic E-state index is 12.1. The topological polar surface area (TPSA) is 69.8 Å². The van der Waals surface area contributed by atoms with Crippen LogP contribution in [0.1, 0.15) is 37.9 Å². The maximum Gasteiger partial charge on any atom is 0.237 e. The Morgan fingerprint density at radius 3 is 3.11 bits per heavy atom. The van der Waals surface area contributed by atoms with Gasteiger partial charge >= 0.3 is 0 Å². The molecule has 5 heteroatoms. The third-order valence-corrected chi connectivity index (χ3v) is 4.40. The van der Waals surface area contributed by atoms with Crippen molar-refractivity contribution in [1.29, 1.82) is 0 Å². The van der Waals surface area contributed by atoms with E-state index in [2.05, 4.69) is 20.6 Å². The van der Waals surface area contributed by atoms with Crippen molar-refractivity contribution in [3.8, 4) is 0 Å². The Kier molecular flexibility index (Phi) is 3.82. The lowest BCUT2D eigenvalue weighted by atomic mass is 9.85. The molecule has 1 saturated heterocycles. The lowest BCUT2D eigenvalue weighted by Crippen LogP contribution is -2.43. The molecule has 3 unspecified atom stereocenters. The number of hydrogen-bond acceptors (Lipinski definition) is 3. The number of nitrogens with zero attached hydrogens (tertiary/aromatic N) is 1. The van der Waals surface area contributed by atoms with Gasteiger partial charge in [-0.1, -0.05) is 12.8 Å². The van der Waals surface area contributed by atoms with E-state index in [4.69, 9.17) is 0 Å². The molecular weight excluding hydrogens is 240 g/mol. The fourth-order valence-electron chi connectivity index (χ4n) is 3.38. The molecule has 1 amide bonds. The van der Waals surface area contributed by atoms with E-state index in [1.165, 1.54) is 25.7 Å². The van der Waals surface area contributed by atoms with Crippen molar-refractivity contribution < 1.29 is 4.79 Å². The maximum atomic E-state index is 12.1. The number of rotatable bonds is 4. The van der Waals surface area contributed by atoms with Crippen molar-refractivity contribution >= 4 is 5.91 Å². The predicted octanol–water partition coefficient (Wildman–Crippen LogP) is 0.989. The number of aromatic amines is 1. The Morgan fingerprint density at radius 2 is 2.32 bits per heavy atom. The zero-order valence-corrected chi connectivity index (χ0v) is 11.2. The third-order valence-electron chi connectivity index (χ3n) is 4.40. The number of amides is 1. The van der Waals surface area contributed by atoms with Gasteiger partial charge in [0.05, 0.1) is 6.04 Å². The highest BCUT2D eigenvalue weighted by molar-refractivity contribution is 5.82. The smallest absolute Gasteiger partial charge is 0.237 e. The standard InChI is InChI=1S/C14H22N4O/c19-14(17-6-5-13-15-7-8-16-13)12-9-10-3-1-2-4-11(10)18-12/h7-8,10-12,18H,1-6,9H2,(H,15,16)(H,17,19). The van der Waals surface area contributed by atoms with Crippen LogP contribution in [0.2, 0.25) is 0 Å². The average molecular weight is 262 g/mol. The number of fused-ring (bicyclic) bond motifs is 1. The minimum atomic E-state index is 0.0182. The van der Waals surface area contributed by atoms with Crippen LogP contribution in [0.15, 0.2) is 12.4 Å². The van der Waals surface area contributed by atoms with Gasteiger partial charge in [-0.05, 0) is 25.2 Å². The first-order valence-electron chi connectivity index (χ1n) is 7.35. The highest BCUT2D eigenvalue weighted by atomic mass is 16.2. The van der Waals surface area contributed by atoms with Gasteiger partial charge < -0.3 is 15.6 Å². The second-order valence-electron chi connectivity index (χ2n) is 5.68. The summed E-state index contributed by atoms with van der Waals surface area (Å²) in [6.45, 7) is 0.653. The molecule has 2 fully saturated rings. The second-order valence-corrected chi connectivity index (χ2v) is 5.68. The molecule has 2 aliphatic rings. The van der Waals surface area contributed by atoms with Crippen LogP contribution in [0.25, 0.3) is 0 Å². The van der Waals surface area contributed by atoms with Gasteiger partial charge in [0.15, 0.2) is 0 Å². The van der Waals surface area contributed by atoms with Crippen molar-refractivity contribution in [2.45, 2.75) is 50.6 Å². The molecule has 1 saturated carbocycles. The Morgan fingerprint density at radius 1 is 1.42 bits per heavy atom. The Balaban J connectivity index is 1.43. The number of H-pyrrole nitrogens is 1. The van der Waals surface area contributed by atoms with Crippen LogP contribution < -0.4 is 10.6 Å². The van der Waals surface area contributed by atoms with Gasteiger partial charge in [-0.3, -0.25) is 4.79 Å². The summed E-state index contributed by atoms with van der Waals surface area (Å²) in [4.78, 5) is 19.3. The SMILES string of the molecule is O=C(NCCc1ncc[nH]1)C1CC2CCCCC2N1. The van der Waals surface area contributed by atoms with Gasteiger partial charge in [0.2, 0.25) is 5.91 Å². The summed E-state index contributed by atoms with van der Waals surface area (Å²) in [5.74, 6) is 1.80. The number of carbonyl (C=O) groups excluding carboxylic acids is 1. The Hall–Kier alpha value is -1.36. The highest BCUT2D eigenvalue weighted by Gasteiger charge is 2.37. The van der Waals surface area contributed by atoms with Gasteiger partial charge in [-0.2, -0.15) is 0 Å². The van der Waals surface area contributed by atoms with Crippen LogP contribution in [-0.4, -0.2) is 34.5 Å². The summed E-state index contributed by atoms with van der Waals surface area (Å²) >= 11 is 0. The van der Waals surface area contributed by atoms with Crippen LogP contribution in [-0.2, 0) is 11.2 Å². The van der Waals surface area contributed by atoms with E-state index >= 15 is 0 Å². The minimum Gasteiger partial charge on any atom is -0.354 e. The van der Waals surface area contributed by atoms with Crippen molar-refractivity contribution in [2.75, 3.05) is 6.54 Å². The molecule has 0 spiro atoms. The van der Waals surface area contributed by atoms with Crippen LogP contribution in [0.3, 0.4) is 0 Å². The van der Waals surface area contributed by atoms with Crippen molar-refractivity contribution in [1.82, 2.24) is 20.6 Å². The number of aromatic nitrogens is 2. The molecule has 3 rings (SSSR count). The fraction of sp³-hybridized carbons (Fsp3) is 0.714. The molecule has 0 bridgehead atoms. The molecule has 2 heterocycles. The Bertz CT molecular complexity index is 403. The molecule has 3 N–H and O–H groups in total. The molecule has 1 aromatic rings. The van der Waals surface area contributed by atoms with Crippen LogP contribution in [0, 0.1) is 5.92 Å². The van der Waals surface area contributed by atoms with Gasteiger partial charge in [0.1, 0.15) is 5.82 Å². The van der Waals surface area contributed by atoms with Gasteiger partial charge in [0.25, 0.3) is 0 Å². The van der Waals surface area contributed by atoms with Crippen LogP contribution >= 0.6 is 0 Å². The monoisotopic (exact) mass is 262 g/mol. The van der Waals surface area contributed by atoms with Crippen LogP contribution in [0.5, 0.6) is 0 Å². The summed E-state index contributed by atoms with van der Waals surface area (Å²) in [6, 6.07) is 0.597. The molecular formula is C14H22N4O. The minimum absolute atomic E-state index is 0.0182. The fourth-order valence-corrected chi connectivity index (χ4v) is 3.38. The highest BCUT2D eigenvalue weighted by Crippen LogP contribution is 2.33. The first-order chi connectivity index (χ1) is 9.33. The molecule has 1 aliphatic carbocycles. The van der Waals surface area contributed by atoms with E-state index in [1.54, 1.807) is 12.4 Å². The van der Waals surface area contributed by atoms with Crippen LogP contribution in [0.4, 0.5) is 0 Å². The van der Waals surface area contributed by atoms with E-state index in [1.807, 2.05) is 0 Å². The zero-order valence-electron chi connectivity index (χ0n) is 11.2. The summed E-state index contributed by atoms with van der Waals surface area (Å²) in [6.07, 6.45) is 10.5. The number of hydrogen-bond donors (Lipinski definition) is 3. The van der Waals surface area contributed by atoms with E-state index in [0.29, 0.717) is 12.6 Å². The van der Waals surface area contributed by atoms with Crippen molar-refractivity contribution in [3.63, 3.8) is 0 Å². The van der Waals surface area contributed by atoms with E-state index in [-0.39, 0.29) is 11.9 Å². The van der Waals surface area contributed by atoms with E-state index < -0.39 is 0 Å². The molecule has 19 heavy (non-hydrogen) atoms. The molecule has 5 nitrogen and oxygen atoms in total. The lowest BCUT2D eigenvalue weighted by Gasteiger charge is -2.24. The van der Waals surface area contributed by atoms with Gasteiger partial charge in [-0.15, -0.1) is 0 Å². The molecule has 104 valence electrons. The lowest BCUT2D eigenvalue weighted by molar-refractivity contribution is -0.122. The third kappa shape index (κ3) is 2.97. The number of carbonyl (C=O) groups is 1. The summed E-state index contributed by atoms with van der Waals surface area (Å²) in [5, 5.41) is 6.51. The normalized spacial score (nSPS) is 30.0. The van der Waals surface area contributed by atoms with Gasteiger partial charge in [0, 0.05) is 31.4 Å². The molecule has 1 aromatic heterocycles. The number of imidazole rings is 1. The molecule has 0 aromatic carbocycles. The summed E-state index contributed by atoms with van der Waals surface area (Å²) in [5.41, 5.74) is 0. The van der Waals surface area contributed by atoms with Crippen molar-refractivity contribution in [3.05, 3.63) is 18.2 Å². The largest absolute Gasteiger partial charge is 0.354 e. The summed E-state index contributed by atoms with van der Waals surface area (Å²) in [7, 11) is 0. The van der Waals surface area contributed by atoms with Gasteiger partial charge in [-0.25, -0.2) is 4.98 Å². The van der Waals surface area contributed by atoms with E-state index in [9.17, 15) is 4.79 Å².